The lowest BCUT2D eigenvalue weighted by Gasteiger charge is -2.35. The quantitative estimate of drug-likeness (QED) is 0.191. The van der Waals surface area contributed by atoms with Gasteiger partial charge in [0, 0.05) is 23.7 Å². The third kappa shape index (κ3) is 6.98. The van der Waals surface area contributed by atoms with Gasteiger partial charge >= 0.3 is 11.9 Å². The van der Waals surface area contributed by atoms with Crippen molar-refractivity contribution in [1.29, 1.82) is 0 Å². The van der Waals surface area contributed by atoms with Crippen LogP contribution in [0.5, 0.6) is 0 Å². The normalized spacial score (nSPS) is 22.8. The number of unbranched alkanes of at least 4 members (excludes halogenated alkanes) is 2. The molecule has 0 N–H and O–H groups in total. The Hall–Kier alpha value is -2.27. The smallest absolute Gasteiger partial charge is 0.306 e. The first-order chi connectivity index (χ1) is 17.9. The Balaban J connectivity index is 1.19. The van der Waals surface area contributed by atoms with Gasteiger partial charge in [0.2, 0.25) is 0 Å². The van der Waals surface area contributed by atoms with E-state index in [0.29, 0.717) is 12.8 Å². The molecular formula is C32H42O4S. The largest absolute Gasteiger partial charge is 0.461 e. The van der Waals surface area contributed by atoms with E-state index < -0.39 is 0 Å². The summed E-state index contributed by atoms with van der Waals surface area (Å²) in [6.07, 6.45) is 9.35. The van der Waals surface area contributed by atoms with Crippen molar-refractivity contribution < 1.29 is 19.1 Å². The average Bonchev–Trinajstić information content (AvgIpc) is 3.57. The Bertz CT molecular complexity index is 928. The molecule has 2 aromatic rings. The molecule has 4 unspecified atom stereocenters. The second-order valence-corrected chi connectivity index (χ2v) is 12.4. The summed E-state index contributed by atoms with van der Waals surface area (Å²) in [4.78, 5) is 23.6. The van der Waals surface area contributed by atoms with Gasteiger partial charge in [0.15, 0.2) is 0 Å². The number of rotatable bonds is 14. The summed E-state index contributed by atoms with van der Waals surface area (Å²) in [6, 6.07) is 21.1. The number of esters is 2. The molecule has 37 heavy (non-hydrogen) atoms. The zero-order chi connectivity index (χ0) is 26.1. The van der Waals surface area contributed by atoms with Gasteiger partial charge in [-0.25, -0.2) is 0 Å². The summed E-state index contributed by atoms with van der Waals surface area (Å²) in [7, 11) is 0. The lowest BCUT2D eigenvalue weighted by atomic mass is 9.73. The van der Waals surface area contributed by atoms with Crippen molar-refractivity contribution in [3.05, 3.63) is 71.8 Å². The lowest BCUT2D eigenvalue weighted by Crippen LogP contribution is -2.36. The Kier molecular flexibility index (Phi) is 9.75. The fourth-order valence-electron chi connectivity index (χ4n) is 6.06. The van der Waals surface area contributed by atoms with Crippen LogP contribution in [0.25, 0.3) is 0 Å². The molecule has 5 heteroatoms. The number of thioether (sulfide) groups is 1. The first-order valence-corrected chi connectivity index (χ1v) is 15.1. The topological polar surface area (TPSA) is 52.6 Å². The minimum absolute atomic E-state index is 0.0203. The van der Waals surface area contributed by atoms with E-state index in [4.69, 9.17) is 9.47 Å². The Labute approximate surface area is 226 Å². The molecule has 0 radical (unpaired) electrons. The number of ether oxygens (including phenoxy) is 2. The highest BCUT2D eigenvalue weighted by Gasteiger charge is 2.42. The average molecular weight is 523 g/mol. The Morgan fingerprint density at radius 2 is 1.08 bits per heavy atom. The van der Waals surface area contributed by atoms with Gasteiger partial charge in [-0.05, 0) is 61.2 Å². The number of carbonyl (C=O) groups excluding carboxylic acids is 2. The third-order valence-electron chi connectivity index (χ3n) is 8.53. The number of benzene rings is 2. The van der Waals surface area contributed by atoms with Crippen LogP contribution in [0.15, 0.2) is 60.7 Å². The number of hydrogen-bond donors (Lipinski definition) is 0. The summed E-state index contributed by atoms with van der Waals surface area (Å²) in [6.45, 7) is 4.54. The molecule has 2 saturated heterocycles. The van der Waals surface area contributed by atoms with Gasteiger partial charge in [-0.3, -0.25) is 9.59 Å². The molecule has 0 aliphatic carbocycles. The molecule has 0 bridgehead atoms. The molecule has 2 heterocycles. The van der Waals surface area contributed by atoms with Crippen molar-refractivity contribution >= 4 is 23.7 Å². The maximum Gasteiger partial charge on any atom is 0.306 e. The molecule has 2 aliphatic heterocycles. The van der Waals surface area contributed by atoms with Gasteiger partial charge < -0.3 is 9.47 Å². The van der Waals surface area contributed by atoms with Crippen LogP contribution >= 0.6 is 11.8 Å². The molecule has 4 rings (SSSR count). The molecule has 0 saturated carbocycles. The second kappa shape index (κ2) is 13.0. The van der Waals surface area contributed by atoms with Gasteiger partial charge in [0.25, 0.3) is 0 Å². The van der Waals surface area contributed by atoms with Crippen LogP contribution in [-0.2, 0) is 29.9 Å². The van der Waals surface area contributed by atoms with Crippen molar-refractivity contribution in [1.82, 2.24) is 0 Å². The Morgan fingerprint density at radius 1 is 0.676 bits per heavy atom. The predicted octanol–water partition coefficient (Wildman–Crippen LogP) is 7.39. The maximum absolute atomic E-state index is 11.8. The van der Waals surface area contributed by atoms with Crippen molar-refractivity contribution in [3.63, 3.8) is 0 Å². The molecule has 2 aromatic carbocycles. The standard InChI is InChI=1S/C32H42O4S/c1-31(25-13-5-3-6-14-25,27-17-19-29(33)35-27)21-9-11-23-37-24-12-10-22-32(2,26-15-7-4-8-16-26)28-18-20-30(34)36-28/h3-8,13-16,27-28H,9-12,17-24H2,1-2H3. The predicted molar refractivity (Wildman–Crippen MR) is 151 cm³/mol. The van der Waals surface area contributed by atoms with Crippen LogP contribution in [0.4, 0.5) is 0 Å². The van der Waals surface area contributed by atoms with E-state index in [0.717, 1.165) is 50.0 Å². The highest BCUT2D eigenvalue weighted by molar-refractivity contribution is 7.99. The van der Waals surface area contributed by atoms with Crippen LogP contribution < -0.4 is 0 Å². The SMILES string of the molecule is CC(CCCCSCCCCC(C)(c1ccccc1)C1CCC(=O)O1)(c1ccccc1)C1CCC(=O)O1. The van der Waals surface area contributed by atoms with Crippen molar-refractivity contribution in [2.75, 3.05) is 11.5 Å². The van der Waals surface area contributed by atoms with E-state index in [2.05, 4.69) is 62.4 Å². The minimum Gasteiger partial charge on any atom is -0.461 e. The summed E-state index contributed by atoms with van der Waals surface area (Å²) in [5, 5.41) is 0. The molecule has 0 spiro atoms. The van der Waals surface area contributed by atoms with Crippen LogP contribution in [0.1, 0.15) is 89.2 Å². The molecule has 4 nitrogen and oxygen atoms in total. The van der Waals surface area contributed by atoms with Crippen LogP contribution in [-0.4, -0.2) is 35.7 Å². The van der Waals surface area contributed by atoms with Gasteiger partial charge in [0.1, 0.15) is 12.2 Å². The summed E-state index contributed by atoms with van der Waals surface area (Å²) >= 11 is 2.04. The monoisotopic (exact) mass is 522 g/mol. The molecule has 0 aromatic heterocycles. The summed E-state index contributed by atoms with van der Waals surface area (Å²) in [5.41, 5.74) is 2.31. The van der Waals surface area contributed by atoms with E-state index in [9.17, 15) is 9.59 Å². The number of carbonyl (C=O) groups is 2. The minimum atomic E-state index is -0.121. The van der Waals surface area contributed by atoms with Gasteiger partial charge in [-0.2, -0.15) is 11.8 Å². The highest BCUT2D eigenvalue weighted by atomic mass is 32.2. The van der Waals surface area contributed by atoms with E-state index in [1.54, 1.807) is 0 Å². The zero-order valence-electron chi connectivity index (χ0n) is 22.5. The maximum atomic E-state index is 11.8. The fraction of sp³-hybridized carbons (Fsp3) is 0.562. The molecule has 4 atom stereocenters. The van der Waals surface area contributed by atoms with E-state index in [1.165, 1.54) is 24.0 Å². The molecule has 2 fully saturated rings. The van der Waals surface area contributed by atoms with Crippen molar-refractivity contribution in [2.24, 2.45) is 0 Å². The molecule has 0 amide bonds. The summed E-state index contributed by atoms with van der Waals surface area (Å²) < 4.78 is 11.5. The van der Waals surface area contributed by atoms with Crippen LogP contribution in [0.3, 0.4) is 0 Å². The van der Waals surface area contributed by atoms with E-state index >= 15 is 0 Å². The van der Waals surface area contributed by atoms with Gasteiger partial charge in [-0.15, -0.1) is 0 Å². The fourth-order valence-corrected chi connectivity index (χ4v) is 7.08. The Morgan fingerprint density at radius 3 is 1.43 bits per heavy atom. The van der Waals surface area contributed by atoms with Gasteiger partial charge in [0.05, 0.1) is 0 Å². The molecular weight excluding hydrogens is 480 g/mol. The first kappa shape index (κ1) is 27.8. The van der Waals surface area contributed by atoms with Crippen LogP contribution in [0.2, 0.25) is 0 Å². The highest BCUT2D eigenvalue weighted by Crippen LogP contribution is 2.41. The first-order valence-electron chi connectivity index (χ1n) is 14.0. The van der Waals surface area contributed by atoms with Crippen LogP contribution in [0, 0.1) is 0 Å². The summed E-state index contributed by atoms with van der Waals surface area (Å²) in [5.74, 6) is 2.20. The van der Waals surface area contributed by atoms with E-state index in [-0.39, 0.29) is 35.0 Å². The zero-order valence-corrected chi connectivity index (χ0v) is 23.3. The second-order valence-electron chi connectivity index (χ2n) is 11.1. The third-order valence-corrected chi connectivity index (χ3v) is 9.68. The van der Waals surface area contributed by atoms with E-state index in [1.807, 2.05) is 23.9 Å². The number of hydrogen-bond acceptors (Lipinski definition) is 5. The van der Waals surface area contributed by atoms with Crippen molar-refractivity contribution in [2.45, 2.75) is 101 Å². The number of cyclic esters (lactones) is 2. The van der Waals surface area contributed by atoms with Crippen molar-refractivity contribution in [3.8, 4) is 0 Å². The lowest BCUT2D eigenvalue weighted by molar-refractivity contribution is -0.144. The molecule has 2 aliphatic rings. The molecule has 200 valence electrons. The van der Waals surface area contributed by atoms with Gasteiger partial charge in [-0.1, -0.05) is 87.4 Å².